The zero-order valence-electron chi connectivity index (χ0n) is 11.5. The van der Waals surface area contributed by atoms with Gasteiger partial charge in [-0.2, -0.15) is 5.10 Å². The number of benzene rings is 2. The summed E-state index contributed by atoms with van der Waals surface area (Å²) in [5.74, 6) is -0.340. The Morgan fingerprint density at radius 3 is 2.52 bits per heavy atom. The average molecular weight is 341 g/mol. The molecule has 21 heavy (non-hydrogen) atoms. The number of hydrogen-bond donors (Lipinski definition) is 2. The highest BCUT2D eigenvalue weighted by atomic mass is 35.5. The van der Waals surface area contributed by atoms with Gasteiger partial charge in [-0.05, 0) is 43.7 Å². The lowest BCUT2D eigenvalue weighted by Gasteiger charge is -2.08. The second-order valence-corrected chi connectivity index (χ2v) is 6.22. The van der Waals surface area contributed by atoms with E-state index < -0.39 is 0 Å². The van der Waals surface area contributed by atoms with Gasteiger partial charge in [-0.3, -0.25) is 0 Å². The highest BCUT2D eigenvalue weighted by Gasteiger charge is 2.10. The lowest BCUT2D eigenvalue weighted by atomic mass is 10.1. The Balaban J connectivity index is 2.09. The summed E-state index contributed by atoms with van der Waals surface area (Å²) in [6.45, 7) is 3.80. The number of nitrogens with zero attached hydrogens (tertiary/aromatic N) is 1. The quantitative estimate of drug-likeness (QED) is 0.357. The van der Waals surface area contributed by atoms with Crippen molar-refractivity contribution >= 4 is 41.3 Å². The third-order valence-corrected chi connectivity index (χ3v) is 4.13. The van der Waals surface area contributed by atoms with Gasteiger partial charge in [-0.25, -0.2) is 9.22 Å². The maximum atomic E-state index is 13.2. The third-order valence-electron chi connectivity index (χ3n) is 2.81. The van der Waals surface area contributed by atoms with Gasteiger partial charge in [-0.15, -0.1) is 12.6 Å². The summed E-state index contributed by atoms with van der Waals surface area (Å²) < 4.78 is 13.2. The Bertz CT molecular complexity index is 649. The molecule has 2 rings (SSSR count). The van der Waals surface area contributed by atoms with Crippen LogP contribution in [-0.4, -0.2) is 5.17 Å². The van der Waals surface area contributed by atoms with Crippen molar-refractivity contribution in [1.82, 2.24) is 4.83 Å². The van der Waals surface area contributed by atoms with Gasteiger partial charge >= 0.3 is 0 Å². The van der Waals surface area contributed by atoms with E-state index in [-0.39, 0.29) is 11.0 Å². The van der Waals surface area contributed by atoms with Crippen molar-refractivity contribution in [3.63, 3.8) is 0 Å². The van der Waals surface area contributed by atoms with Crippen LogP contribution in [-0.2, 0) is 0 Å². The molecule has 0 heterocycles. The largest absolute Gasteiger partial charge is 0.246 e. The fourth-order valence-corrected chi connectivity index (χ4v) is 3.10. The molecule has 0 amide bonds. The maximum Gasteiger partial charge on any atom is 0.158 e. The molecule has 0 aromatic heterocycles. The molecular formula is C15H14ClFN2S2. The summed E-state index contributed by atoms with van der Waals surface area (Å²) in [5.41, 5.74) is 2.51. The molecule has 2 nitrogen and oxygen atoms in total. The van der Waals surface area contributed by atoms with E-state index in [1.807, 2.05) is 31.2 Å². The van der Waals surface area contributed by atoms with Crippen LogP contribution in [0.3, 0.4) is 0 Å². The Hall–Kier alpha value is -1.17. The highest BCUT2D eigenvalue weighted by molar-refractivity contribution is 7.97. The fourth-order valence-electron chi connectivity index (χ4n) is 1.77. The van der Waals surface area contributed by atoms with Crippen LogP contribution in [0.25, 0.3) is 0 Å². The first-order chi connectivity index (χ1) is 9.97. The van der Waals surface area contributed by atoms with Gasteiger partial charge in [0.15, 0.2) is 5.17 Å². The van der Waals surface area contributed by atoms with Gasteiger partial charge in [-0.1, -0.05) is 29.3 Å². The van der Waals surface area contributed by atoms with Gasteiger partial charge in [0, 0.05) is 27.3 Å². The molecule has 0 saturated carbocycles. The minimum absolute atomic E-state index is 0.247. The third kappa shape index (κ3) is 4.40. The van der Waals surface area contributed by atoms with Crippen LogP contribution in [0, 0.1) is 19.7 Å². The SMILES string of the molecule is Cc1ccc(SN/N=C(/Cl)c2c(C)cc(F)cc2S)cc1. The van der Waals surface area contributed by atoms with Crippen LogP contribution in [0.15, 0.2) is 51.3 Å². The number of aryl methyl sites for hydroxylation is 2. The molecule has 110 valence electrons. The van der Waals surface area contributed by atoms with Gasteiger partial charge in [0.1, 0.15) is 5.82 Å². The van der Waals surface area contributed by atoms with Crippen LogP contribution in [0.2, 0.25) is 0 Å². The van der Waals surface area contributed by atoms with Gasteiger partial charge in [0.2, 0.25) is 0 Å². The zero-order chi connectivity index (χ0) is 15.4. The predicted molar refractivity (Wildman–Crippen MR) is 91.0 cm³/mol. The van der Waals surface area contributed by atoms with E-state index in [0.717, 1.165) is 4.90 Å². The zero-order valence-corrected chi connectivity index (χ0v) is 14.0. The molecule has 1 N–H and O–H groups in total. The average Bonchev–Trinajstić information content (AvgIpc) is 2.40. The summed E-state index contributed by atoms with van der Waals surface area (Å²) in [4.78, 5) is 4.32. The topological polar surface area (TPSA) is 24.4 Å². The number of hydrogen-bond acceptors (Lipinski definition) is 4. The van der Waals surface area contributed by atoms with Gasteiger partial charge < -0.3 is 0 Å². The van der Waals surface area contributed by atoms with Crippen molar-refractivity contribution in [2.75, 3.05) is 0 Å². The number of rotatable bonds is 4. The Labute approximate surface area is 138 Å². The van der Waals surface area contributed by atoms with Crippen molar-refractivity contribution in [2.24, 2.45) is 5.10 Å². The minimum atomic E-state index is -0.340. The summed E-state index contributed by atoms with van der Waals surface area (Å²) >= 11 is 11.7. The van der Waals surface area contributed by atoms with E-state index in [4.69, 9.17) is 11.6 Å². The second kappa shape index (κ2) is 7.20. The molecule has 0 aliphatic rings. The summed E-state index contributed by atoms with van der Waals surface area (Å²) in [5, 5.41) is 4.33. The van der Waals surface area contributed by atoms with Crippen LogP contribution in [0.1, 0.15) is 16.7 Å². The molecule has 0 fully saturated rings. The molecule has 0 atom stereocenters. The van der Waals surface area contributed by atoms with Crippen molar-refractivity contribution in [1.29, 1.82) is 0 Å². The molecule has 2 aromatic carbocycles. The predicted octanol–water partition coefficient (Wildman–Crippen LogP) is 4.93. The molecule has 2 aromatic rings. The number of thiol groups is 1. The second-order valence-electron chi connectivity index (χ2n) is 4.53. The molecule has 0 spiro atoms. The van der Waals surface area contributed by atoms with Crippen molar-refractivity contribution < 1.29 is 4.39 Å². The molecule has 0 aliphatic heterocycles. The van der Waals surface area contributed by atoms with Gasteiger partial charge in [0.05, 0.1) is 0 Å². The normalized spacial score (nSPS) is 11.6. The summed E-state index contributed by atoms with van der Waals surface area (Å²) in [6, 6.07) is 10.7. The summed E-state index contributed by atoms with van der Waals surface area (Å²) in [7, 11) is 0. The fraction of sp³-hybridized carbons (Fsp3) is 0.133. The van der Waals surface area contributed by atoms with E-state index in [0.29, 0.717) is 16.0 Å². The van der Waals surface area contributed by atoms with E-state index in [1.54, 1.807) is 6.92 Å². The maximum absolute atomic E-state index is 13.2. The van der Waals surface area contributed by atoms with Crippen molar-refractivity contribution in [2.45, 2.75) is 23.6 Å². The standard InChI is InChI=1S/C15H14ClFN2S2/c1-9-3-5-12(6-4-9)21-19-18-15(16)14-10(2)7-11(17)8-13(14)20/h3-8,19-20H,1-2H3/b18-15+. The van der Waals surface area contributed by atoms with Crippen molar-refractivity contribution in [3.05, 3.63) is 58.9 Å². The Kier molecular flexibility index (Phi) is 5.56. The number of hydrazone groups is 1. The molecule has 0 radical (unpaired) electrons. The van der Waals surface area contributed by atoms with Crippen LogP contribution < -0.4 is 4.83 Å². The van der Waals surface area contributed by atoms with Crippen LogP contribution in [0.4, 0.5) is 4.39 Å². The van der Waals surface area contributed by atoms with E-state index in [1.165, 1.54) is 29.6 Å². The van der Waals surface area contributed by atoms with Gasteiger partial charge in [0.25, 0.3) is 0 Å². The first-order valence-corrected chi connectivity index (χ1v) is 7.82. The lowest BCUT2D eigenvalue weighted by molar-refractivity contribution is 0.623. The smallest absolute Gasteiger partial charge is 0.158 e. The Morgan fingerprint density at radius 2 is 1.90 bits per heavy atom. The van der Waals surface area contributed by atoms with E-state index >= 15 is 0 Å². The lowest BCUT2D eigenvalue weighted by Crippen LogP contribution is -2.03. The first-order valence-electron chi connectivity index (χ1n) is 6.18. The van der Waals surface area contributed by atoms with Crippen LogP contribution >= 0.6 is 36.2 Å². The molecule has 0 bridgehead atoms. The molecule has 0 unspecified atom stereocenters. The molecule has 6 heteroatoms. The van der Waals surface area contributed by atoms with Crippen molar-refractivity contribution in [3.8, 4) is 0 Å². The highest BCUT2D eigenvalue weighted by Crippen LogP contribution is 2.23. The van der Waals surface area contributed by atoms with Crippen LogP contribution in [0.5, 0.6) is 0 Å². The monoisotopic (exact) mass is 340 g/mol. The molecular weight excluding hydrogens is 327 g/mol. The molecule has 0 aliphatic carbocycles. The van der Waals surface area contributed by atoms with E-state index in [9.17, 15) is 4.39 Å². The minimum Gasteiger partial charge on any atom is -0.246 e. The number of nitrogens with one attached hydrogen (secondary N) is 1. The van der Waals surface area contributed by atoms with E-state index in [2.05, 4.69) is 22.6 Å². The number of halogens is 2. The summed E-state index contributed by atoms with van der Waals surface area (Å²) in [6.07, 6.45) is 0. The first kappa shape index (κ1) is 16.2. The Morgan fingerprint density at radius 1 is 1.24 bits per heavy atom. The molecule has 0 saturated heterocycles.